The first-order valence-electron chi connectivity index (χ1n) is 8.97. The Kier molecular flexibility index (Phi) is 6.61. The molecule has 0 radical (unpaired) electrons. The van der Waals surface area contributed by atoms with Crippen LogP contribution >= 0.6 is 11.6 Å². The molecule has 1 amide bonds. The number of methoxy groups -OCH3 is 1. The summed E-state index contributed by atoms with van der Waals surface area (Å²) in [5.41, 5.74) is 0.561. The number of aromatic nitrogens is 3. The van der Waals surface area contributed by atoms with E-state index in [-0.39, 0.29) is 23.3 Å². The molecule has 0 bridgehead atoms. The van der Waals surface area contributed by atoms with Gasteiger partial charge in [-0.3, -0.25) is 4.79 Å². The van der Waals surface area contributed by atoms with Crippen LogP contribution in [0.2, 0.25) is 0 Å². The van der Waals surface area contributed by atoms with Crippen molar-refractivity contribution in [1.29, 1.82) is 0 Å². The number of rotatable bonds is 7. The molecule has 1 heterocycles. The molecule has 1 aromatic heterocycles. The molecule has 0 aliphatic rings. The Morgan fingerprint density at radius 3 is 2.57 bits per heavy atom. The third kappa shape index (κ3) is 5.10. The van der Waals surface area contributed by atoms with E-state index < -0.39 is 11.7 Å². The van der Waals surface area contributed by atoms with Crippen molar-refractivity contribution in [2.24, 2.45) is 0 Å². The van der Waals surface area contributed by atoms with E-state index in [1.807, 2.05) is 0 Å². The number of nitrogens with zero attached hydrogens (tertiary/aromatic N) is 3. The molecule has 0 saturated carbocycles. The van der Waals surface area contributed by atoms with Crippen LogP contribution in [0.5, 0.6) is 6.01 Å². The lowest BCUT2D eigenvalue weighted by molar-refractivity contribution is -0.137. The van der Waals surface area contributed by atoms with Crippen molar-refractivity contribution in [3.63, 3.8) is 0 Å². The van der Waals surface area contributed by atoms with Gasteiger partial charge < -0.3 is 10.1 Å². The second-order valence-corrected chi connectivity index (χ2v) is 6.68. The van der Waals surface area contributed by atoms with E-state index in [2.05, 4.69) is 15.4 Å². The molecular weight excluding hydrogens is 421 g/mol. The molecule has 0 atom stereocenters. The minimum Gasteiger partial charge on any atom is -0.466 e. The number of nitrogens with one attached hydrogen (secondary N) is 1. The number of amides is 1. The minimum absolute atomic E-state index is 0.0147. The zero-order valence-corrected chi connectivity index (χ0v) is 16.7. The highest BCUT2D eigenvalue weighted by molar-refractivity contribution is 6.18. The van der Waals surface area contributed by atoms with E-state index in [0.29, 0.717) is 30.1 Å². The predicted octanol–water partition coefficient (Wildman–Crippen LogP) is 4.92. The van der Waals surface area contributed by atoms with Gasteiger partial charge in [-0.05, 0) is 42.8 Å². The van der Waals surface area contributed by atoms with Crippen LogP contribution in [0.15, 0.2) is 48.5 Å². The maximum absolute atomic E-state index is 13.1. The molecule has 0 unspecified atom stereocenters. The average Bonchev–Trinajstić information content (AvgIpc) is 3.17. The van der Waals surface area contributed by atoms with E-state index in [1.165, 1.54) is 23.9 Å². The highest BCUT2D eigenvalue weighted by atomic mass is 35.5. The number of hydrogen-bond acceptors (Lipinski definition) is 4. The van der Waals surface area contributed by atoms with Gasteiger partial charge in [0.2, 0.25) is 5.91 Å². The monoisotopic (exact) mass is 438 g/mol. The van der Waals surface area contributed by atoms with Gasteiger partial charge in [0, 0.05) is 23.6 Å². The number of carbonyl (C=O) groups excluding carboxylic acids is 1. The third-order valence-electron chi connectivity index (χ3n) is 4.15. The molecule has 3 aromatic rings. The molecule has 30 heavy (non-hydrogen) atoms. The van der Waals surface area contributed by atoms with Crippen molar-refractivity contribution in [1.82, 2.24) is 14.8 Å². The van der Waals surface area contributed by atoms with Crippen molar-refractivity contribution >= 4 is 23.2 Å². The van der Waals surface area contributed by atoms with Crippen molar-refractivity contribution in [2.45, 2.75) is 19.0 Å². The summed E-state index contributed by atoms with van der Waals surface area (Å²) in [4.78, 5) is 16.0. The topological polar surface area (TPSA) is 69.0 Å². The molecular formula is C20H18ClF3N4O2. The number of carbonyl (C=O) groups is 1. The zero-order valence-electron chi connectivity index (χ0n) is 15.9. The summed E-state index contributed by atoms with van der Waals surface area (Å²) in [6.07, 6.45) is -3.59. The number of alkyl halides is 4. The summed E-state index contributed by atoms with van der Waals surface area (Å²) in [6.45, 7) is 0. The first-order valence-corrected chi connectivity index (χ1v) is 9.50. The normalized spacial score (nSPS) is 11.4. The fraction of sp³-hybridized carbons (Fsp3) is 0.250. The Morgan fingerprint density at radius 2 is 1.93 bits per heavy atom. The fourth-order valence-corrected chi connectivity index (χ4v) is 2.85. The van der Waals surface area contributed by atoms with E-state index in [9.17, 15) is 18.0 Å². The lowest BCUT2D eigenvalue weighted by atomic mass is 10.1. The van der Waals surface area contributed by atoms with E-state index in [1.54, 1.807) is 24.3 Å². The second kappa shape index (κ2) is 9.17. The molecule has 0 saturated heterocycles. The Morgan fingerprint density at radius 1 is 1.20 bits per heavy atom. The van der Waals surface area contributed by atoms with Crippen molar-refractivity contribution < 1.29 is 22.7 Å². The van der Waals surface area contributed by atoms with Gasteiger partial charge in [0.25, 0.3) is 0 Å². The van der Waals surface area contributed by atoms with E-state index in [0.717, 1.165) is 12.1 Å². The summed E-state index contributed by atoms with van der Waals surface area (Å²) in [6, 6.07) is 11.5. The average molecular weight is 439 g/mol. The standard InChI is InChI=1S/C20H18ClF3N4O2/c1-30-19-26-18(13-4-2-5-14(12-13)20(22,23)24)28(27-19)16-9-7-15(8-10-16)25-17(29)6-3-11-21/h2,4-5,7-10,12H,3,6,11H2,1H3,(H,25,29). The lowest BCUT2D eigenvalue weighted by Crippen LogP contribution is -2.11. The summed E-state index contributed by atoms with van der Waals surface area (Å²) in [5, 5.41) is 6.95. The molecule has 2 aromatic carbocycles. The fourth-order valence-electron chi connectivity index (χ4n) is 2.72. The molecule has 10 heteroatoms. The minimum atomic E-state index is -4.48. The van der Waals surface area contributed by atoms with Crippen LogP contribution in [0, 0.1) is 0 Å². The van der Waals surface area contributed by atoms with E-state index in [4.69, 9.17) is 16.3 Å². The largest absolute Gasteiger partial charge is 0.466 e. The zero-order chi connectivity index (χ0) is 21.7. The van der Waals surface area contributed by atoms with Crippen molar-refractivity contribution in [3.05, 3.63) is 54.1 Å². The molecule has 0 aliphatic heterocycles. The Bertz CT molecular complexity index is 1020. The summed E-state index contributed by atoms with van der Waals surface area (Å²) >= 11 is 5.58. The quantitative estimate of drug-likeness (QED) is 0.532. The Hall–Kier alpha value is -3.07. The molecule has 1 N–H and O–H groups in total. The number of ether oxygens (including phenoxy) is 1. The lowest BCUT2D eigenvalue weighted by Gasteiger charge is -2.10. The second-order valence-electron chi connectivity index (χ2n) is 6.30. The van der Waals surface area contributed by atoms with Crippen molar-refractivity contribution in [3.8, 4) is 23.1 Å². The smallest absolute Gasteiger partial charge is 0.416 e. The van der Waals surface area contributed by atoms with Crippen LogP contribution in [0.1, 0.15) is 18.4 Å². The molecule has 3 rings (SSSR count). The number of hydrogen-bond donors (Lipinski definition) is 1. The van der Waals surface area contributed by atoms with Crippen LogP contribution in [-0.2, 0) is 11.0 Å². The molecule has 158 valence electrons. The predicted molar refractivity (Wildman–Crippen MR) is 107 cm³/mol. The van der Waals surface area contributed by atoms with Gasteiger partial charge in [-0.15, -0.1) is 16.7 Å². The van der Waals surface area contributed by atoms with Gasteiger partial charge in [0.05, 0.1) is 18.4 Å². The van der Waals surface area contributed by atoms with Gasteiger partial charge in [-0.25, -0.2) is 4.68 Å². The summed E-state index contributed by atoms with van der Waals surface area (Å²) in [7, 11) is 1.37. The van der Waals surface area contributed by atoms with Gasteiger partial charge in [0.15, 0.2) is 5.82 Å². The van der Waals surface area contributed by atoms with Crippen LogP contribution in [0.4, 0.5) is 18.9 Å². The maximum atomic E-state index is 13.1. The summed E-state index contributed by atoms with van der Waals surface area (Å²) < 4.78 is 45.7. The van der Waals surface area contributed by atoms with Gasteiger partial charge in [0.1, 0.15) is 0 Å². The summed E-state index contributed by atoms with van der Waals surface area (Å²) in [5.74, 6) is 0.436. The van der Waals surface area contributed by atoms with Gasteiger partial charge in [-0.2, -0.15) is 18.2 Å². The molecule has 0 fully saturated rings. The van der Waals surface area contributed by atoms with Crippen LogP contribution in [-0.4, -0.2) is 33.7 Å². The third-order valence-corrected chi connectivity index (χ3v) is 4.42. The van der Waals surface area contributed by atoms with Crippen LogP contribution in [0.25, 0.3) is 17.1 Å². The molecule has 0 spiro atoms. The van der Waals surface area contributed by atoms with Crippen LogP contribution < -0.4 is 10.1 Å². The van der Waals surface area contributed by atoms with Crippen molar-refractivity contribution in [2.75, 3.05) is 18.3 Å². The maximum Gasteiger partial charge on any atom is 0.416 e. The molecule has 6 nitrogen and oxygen atoms in total. The number of benzene rings is 2. The number of halogens is 4. The Balaban J connectivity index is 1.92. The molecule has 0 aliphatic carbocycles. The van der Waals surface area contributed by atoms with Crippen LogP contribution in [0.3, 0.4) is 0 Å². The highest BCUT2D eigenvalue weighted by Crippen LogP contribution is 2.32. The first-order chi connectivity index (χ1) is 14.3. The Labute approximate surface area is 175 Å². The first kappa shape index (κ1) is 21.6. The van der Waals surface area contributed by atoms with Gasteiger partial charge >= 0.3 is 12.2 Å². The SMILES string of the molecule is COc1nc(-c2cccc(C(F)(F)F)c2)n(-c2ccc(NC(=O)CCCCl)cc2)n1. The van der Waals surface area contributed by atoms with Gasteiger partial charge in [-0.1, -0.05) is 12.1 Å². The number of anilines is 1. The van der Waals surface area contributed by atoms with E-state index >= 15 is 0 Å². The highest BCUT2D eigenvalue weighted by Gasteiger charge is 2.31.